The molecule has 0 radical (unpaired) electrons. The summed E-state index contributed by atoms with van der Waals surface area (Å²) in [5.41, 5.74) is 0.693. The number of anilines is 1. The van der Waals surface area contributed by atoms with Crippen molar-refractivity contribution >= 4 is 23.2 Å². The Morgan fingerprint density at radius 2 is 1.63 bits per heavy atom. The molecule has 0 saturated carbocycles. The van der Waals surface area contributed by atoms with E-state index in [-0.39, 0.29) is 5.91 Å². The van der Waals surface area contributed by atoms with E-state index in [0.717, 1.165) is 5.75 Å². The smallest absolute Gasteiger partial charge is 0.242 e. The number of para-hydroxylation sites is 1. The van der Waals surface area contributed by atoms with E-state index in [4.69, 9.17) is 16.3 Å². The van der Waals surface area contributed by atoms with Crippen molar-refractivity contribution in [2.75, 3.05) is 5.32 Å². The molecule has 0 heterocycles. The number of benzene rings is 2. The number of hydrogen-bond acceptors (Lipinski definition) is 2. The molecular weight excluding hydrogens is 262 g/mol. The van der Waals surface area contributed by atoms with Crippen LogP contribution in [0.15, 0.2) is 54.6 Å². The SMILES string of the molecule is C[C@@H](Cl)C(=O)Nc1ccc(Oc2ccccc2)cc1. The van der Waals surface area contributed by atoms with Gasteiger partial charge in [0.25, 0.3) is 0 Å². The highest BCUT2D eigenvalue weighted by molar-refractivity contribution is 6.32. The van der Waals surface area contributed by atoms with Crippen LogP contribution in [0.2, 0.25) is 0 Å². The van der Waals surface area contributed by atoms with E-state index in [1.54, 1.807) is 31.2 Å². The van der Waals surface area contributed by atoms with Crippen molar-refractivity contribution in [3.63, 3.8) is 0 Å². The molecule has 0 fully saturated rings. The van der Waals surface area contributed by atoms with E-state index in [1.165, 1.54) is 0 Å². The number of ether oxygens (including phenoxy) is 1. The lowest BCUT2D eigenvalue weighted by Gasteiger charge is -2.08. The fourth-order valence-corrected chi connectivity index (χ4v) is 1.53. The molecular formula is C15H14ClNO2. The largest absolute Gasteiger partial charge is 0.457 e. The Kier molecular flexibility index (Phi) is 4.42. The molecule has 2 rings (SSSR count). The first-order valence-corrected chi connectivity index (χ1v) is 6.37. The van der Waals surface area contributed by atoms with E-state index < -0.39 is 5.38 Å². The van der Waals surface area contributed by atoms with E-state index >= 15 is 0 Å². The lowest BCUT2D eigenvalue weighted by atomic mass is 10.3. The maximum atomic E-state index is 11.4. The molecule has 3 nitrogen and oxygen atoms in total. The Balaban J connectivity index is 2.01. The predicted molar refractivity (Wildman–Crippen MR) is 76.9 cm³/mol. The summed E-state index contributed by atoms with van der Waals surface area (Å²) < 4.78 is 5.65. The highest BCUT2D eigenvalue weighted by atomic mass is 35.5. The molecule has 0 unspecified atom stereocenters. The minimum Gasteiger partial charge on any atom is -0.457 e. The molecule has 0 bridgehead atoms. The van der Waals surface area contributed by atoms with Crippen molar-refractivity contribution in [3.8, 4) is 11.5 Å². The van der Waals surface area contributed by atoms with Crippen molar-refractivity contribution in [1.29, 1.82) is 0 Å². The Bertz CT molecular complexity index is 538. The minimum atomic E-state index is -0.555. The number of carbonyl (C=O) groups excluding carboxylic acids is 1. The van der Waals surface area contributed by atoms with Gasteiger partial charge in [0.15, 0.2) is 0 Å². The third-order valence-electron chi connectivity index (χ3n) is 2.46. The normalized spacial score (nSPS) is 11.7. The molecule has 0 spiro atoms. The number of carbonyl (C=O) groups is 1. The van der Waals surface area contributed by atoms with Crippen molar-refractivity contribution in [2.24, 2.45) is 0 Å². The number of halogens is 1. The Labute approximate surface area is 117 Å². The fourth-order valence-electron chi connectivity index (χ4n) is 1.47. The second-order valence-corrected chi connectivity index (χ2v) is 4.70. The standard InChI is InChI=1S/C15H14ClNO2/c1-11(16)15(18)17-12-7-9-14(10-8-12)19-13-5-3-2-4-6-13/h2-11H,1H3,(H,17,18)/t11-/m1/s1. The van der Waals surface area contributed by atoms with Gasteiger partial charge in [-0.15, -0.1) is 11.6 Å². The number of alkyl halides is 1. The van der Waals surface area contributed by atoms with Gasteiger partial charge in [0.2, 0.25) is 5.91 Å². The molecule has 19 heavy (non-hydrogen) atoms. The average molecular weight is 276 g/mol. The summed E-state index contributed by atoms with van der Waals surface area (Å²) in [7, 11) is 0. The average Bonchev–Trinajstić information content (AvgIpc) is 2.42. The second kappa shape index (κ2) is 6.25. The molecule has 0 aliphatic heterocycles. The maximum absolute atomic E-state index is 11.4. The van der Waals surface area contributed by atoms with Crippen LogP contribution in [-0.4, -0.2) is 11.3 Å². The van der Waals surface area contributed by atoms with E-state index in [1.807, 2.05) is 30.3 Å². The quantitative estimate of drug-likeness (QED) is 0.855. The van der Waals surface area contributed by atoms with Gasteiger partial charge in [-0.05, 0) is 43.3 Å². The summed E-state index contributed by atoms with van der Waals surface area (Å²) >= 11 is 5.68. The van der Waals surface area contributed by atoms with Crippen LogP contribution in [0.3, 0.4) is 0 Å². The minimum absolute atomic E-state index is 0.224. The zero-order chi connectivity index (χ0) is 13.7. The van der Waals surface area contributed by atoms with Crippen LogP contribution in [0.4, 0.5) is 5.69 Å². The molecule has 0 aliphatic carbocycles. The first-order chi connectivity index (χ1) is 9.15. The number of rotatable bonds is 4. The number of nitrogens with one attached hydrogen (secondary N) is 1. The first-order valence-electron chi connectivity index (χ1n) is 5.93. The fraction of sp³-hybridized carbons (Fsp3) is 0.133. The van der Waals surface area contributed by atoms with Gasteiger partial charge >= 0.3 is 0 Å². The Morgan fingerprint density at radius 1 is 1.05 bits per heavy atom. The van der Waals surface area contributed by atoms with Crippen LogP contribution in [0.5, 0.6) is 11.5 Å². The molecule has 1 N–H and O–H groups in total. The van der Waals surface area contributed by atoms with Crippen LogP contribution >= 0.6 is 11.6 Å². The van der Waals surface area contributed by atoms with Crippen LogP contribution in [-0.2, 0) is 4.79 Å². The third-order valence-corrected chi connectivity index (χ3v) is 2.66. The van der Waals surface area contributed by atoms with Gasteiger partial charge in [0.05, 0.1) is 0 Å². The van der Waals surface area contributed by atoms with Gasteiger partial charge in [0, 0.05) is 5.69 Å². The zero-order valence-electron chi connectivity index (χ0n) is 10.5. The third kappa shape index (κ3) is 4.00. The monoisotopic (exact) mass is 275 g/mol. The molecule has 0 saturated heterocycles. The first kappa shape index (κ1) is 13.4. The van der Waals surface area contributed by atoms with Crippen LogP contribution in [0, 0.1) is 0 Å². The summed E-state index contributed by atoms with van der Waals surface area (Å²) in [5, 5.41) is 2.15. The van der Waals surface area contributed by atoms with Crippen LogP contribution in [0.25, 0.3) is 0 Å². The zero-order valence-corrected chi connectivity index (χ0v) is 11.2. The summed E-state index contributed by atoms with van der Waals surface area (Å²) in [5.74, 6) is 1.26. The summed E-state index contributed by atoms with van der Waals surface area (Å²) in [6.07, 6.45) is 0. The van der Waals surface area contributed by atoms with Crippen LogP contribution in [0.1, 0.15) is 6.92 Å². The van der Waals surface area contributed by atoms with Gasteiger partial charge in [0.1, 0.15) is 16.9 Å². The highest BCUT2D eigenvalue weighted by Gasteiger charge is 2.08. The molecule has 98 valence electrons. The van der Waals surface area contributed by atoms with Crippen molar-refractivity contribution in [3.05, 3.63) is 54.6 Å². The van der Waals surface area contributed by atoms with Gasteiger partial charge in [-0.2, -0.15) is 0 Å². The number of hydrogen-bond donors (Lipinski definition) is 1. The van der Waals surface area contributed by atoms with Gasteiger partial charge in [-0.25, -0.2) is 0 Å². The van der Waals surface area contributed by atoms with Crippen molar-refractivity contribution in [2.45, 2.75) is 12.3 Å². The Morgan fingerprint density at radius 3 is 2.21 bits per heavy atom. The lowest BCUT2D eigenvalue weighted by Crippen LogP contribution is -2.20. The summed E-state index contributed by atoms with van der Waals surface area (Å²) in [4.78, 5) is 11.4. The summed E-state index contributed by atoms with van der Waals surface area (Å²) in [6, 6.07) is 16.6. The highest BCUT2D eigenvalue weighted by Crippen LogP contribution is 2.22. The molecule has 2 aromatic rings. The molecule has 4 heteroatoms. The maximum Gasteiger partial charge on any atom is 0.242 e. The van der Waals surface area contributed by atoms with E-state index in [2.05, 4.69) is 5.32 Å². The van der Waals surface area contributed by atoms with Gasteiger partial charge in [-0.1, -0.05) is 18.2 Å². The molecule has 1 amide bonds. The Hall–Kier alpha value is -2.00. The molecule has 0 aliphatic rings. The van der Waals surface area contributed by atoms with Crippen molar-refractivity contribution < 1.29 is 9.53 Å². The topological polar surface area (TPSA) is 38.3 Å². The van der Waals surface area contributed by atoms with Crippen molar-refractivity contribution in [1.82, 2.24) is 0 Å². The lowest BCUT2D eigenvalue weighted by molar-refractivity contribution is -0.115. The molecule has 0 aromatic heterocycles. The van der Waals surface area contributed by atoms with E-state index in [0.29, 0.717) is 11.4 Å². The van der Waals surface area contributed by atoms with Crippen LogP contribution < -0.4 is 10.1 Å². The van der Waals surface area contributed by atoms with Gasteiger partial charge in [-0.3, -0.25) is 4.79 Å². The second-order valence-electron chi connectivity index (χ2n) is 4.04. The number of amides is 1. The molecule has 1 atom stereocenters. The molecule has 2 aromatic carbocycles. The predicted octanol–water partition coefficient (Wildman–Crippen LogP) is 4.04. The van der Waals surface area contributed by atoms with Gasteiger partial charge < -0.3 is 10.1 Å². The summed E-state index contributed by atoms with van der Waals surface area (Å²) in [6.45, 7) is 1.63. The van der Waals surface area contributed by atoms with E-state index in [9.17, 15) is 4.79 Å².